The molecule has 0 spiro atoms. The lowest BCUT2D eigenvalue weighted by Crippen LogP contribution is -2.27. The first kappa shape index (κ1) is 31.7. The van der Waals surface area contributed by atoms with Gasteiger partial charge < -0.3 is 25.2 Å². The van der Waals surface area contributed by atoms with Crippen molar-refractivity contribution in [1.82, 2.24) is 0 Å². The van der Waals surface area contributed by atoms with E-state index in [-0.39, 0.29) is 5.97 Å². The van der Waals surface area contributed by atoms with Crippen molar-refractivity contribution >= 4 is 11.8 Å². The van der Waals surface area contributed by atoms with E-state index in [1.165, 1.54) is 25.5 Å². The molecule has 1 rings (SSSR count). The highest BCUT2D eigenvalue weighted by molar-refractivity contribution is 6.04. The van der Waals surface area contributed by atoms with Gasteiger partial charge in [0.15, 0.2) is 5.79 Å². The van der Waals surface area contributed by atoms with Gasteiger partial charge >= 0.3 is 5.97 Å². The molecule has 4 N–H and O–H groups in total. The quantitative estimate of drug-likeness (QED) is 0.0605. The van der Waals surface area contributed by atoms with Crippen LogP contribution in [0.3, 0.4) is 0 Å². The van der Waals surface area contributed by atoms with Crippen LogP contribution >= 0.6 is 0 Å². The molecule has 0 heterocycles. The Bertz CT molecular complexity index is 600. The van der Waals surface area contributed by atoms with Crippen LogP contribution in [0.15, 0.2) is 12.8 Å². The molecule has 204 valence electrons. The van der Waals surface area contributed by atoms with Crippen LogP contribution in [0, 0.1) is 5.92 Å². The van der Waals surface area contributed by atoms with Crippen molar-refractivity contribution in [1.29, 1.82) is 0 Å². The molecule has 1 saturated carbocycles. The van der Waals surface area contributed by atoms with Crippen LogP contribution in [0.4, 0.5) is 0 Å². The minimum atomic E-state index is -2.04. The number of aliphatic hydroxyl groups is 4. The van der Waals surface area contributed by atoms with Crippen LogP contribution in [-0.4, -0.2) is 43.8 Å². The molecule has 0 aromatic heterocycles. The van der Waals surface area contributed by atoms with Crippen LogP contribution in [0.5, 0.6) is 0 Å². The van der Waals surface area contributed by atoms with Gasteiger partial charge in [0.1, 0.15) is 0 Å². The monoisotopic (exact) mass is 498 g/mol. The van der Waals surface area contributed by atoms with E-state index in [1.54, 1.807) is 0 Å². The van der Waals surface area contributed by atoms with Gasteiger partial charge in [-0.2, -0.15) is 0 Å². The van der Waals surface area contributed by atoms with Crippen molar-refractivity contribution in [2.75, 3.05) is 0 Å². The minimum Gasteiger partial charge on any atom is -0.435 e. The predicted molar refractivity (Wildman–Crippen MR) is 136 cm³/mol. The zero-order chi connectivity index (χ0) is 26.0. The number of carbonyl (C=O) groups excluding carboxylic acids is 2. The third kappa shape index (κ3) is 15.4. The Morgan fingerprint density at radius 1 is 0.771 bits per heavy atom. The van der Waals surface area contributed by atoms with E-state index >= 15 is 0 Å². The molecular weight excluding hydrogens is 448 g/mol. The van der Waals surface area contributed by atoms with Gasteiger partial charge in [-0.15, -0.1) is 0 Å². The van der Waals surface area contributed by atoms with Crippen LogP contribution in [0.2, 0.25) is 0 Å². The van der Waals surface area contributed by atoms with Crippen LogP contribution in [-0.2, 0) is 14.3 Å². The first-order chi connectivity index (χ1) is 16.7. The van der Waals surface area contributed by atoms with Crippen LogP contribution in [0.25, 0.3) is 0 Å². The van der Waals surface area contributed by atoms with Gasteiger partial charge in [-0.1, -0.05) is 96.5 Å². The number of esters is 1. The highest BCUT2D eigenvalue weighted by Crippen LogP contribution is 2.39. The maximum atomic E-state index is 11.2. The van der Waals surface area contributed by atoms with Gasteiger partial charge in [0, 0.05) is 19.3 Å². The fourth-order valence-electron chi connectivity index (χ4n) is 4.68. The Kier molecular flexibility index (Phi) is 16.4. The van der Waals surface area contributed by atoms with E-state index in [1.807, 2.05) is 0 Å². The van der Waals surface area contributed by atoms with E-state index in [9.17, 15) is 30.0 Å². The molecular formula is C28H50O7. The molecule has 1 unspecified atom stereocenters. The van der Waals surface area contributed by atoms with Gasteiger partial charge in [-0.25, -0.2) is 0 Å². The summed E-state index contributed by atoms with van der Waals surface area (Å²) in [6.45, 7) is 3.37. The largest absolute Gasteiger partial charge is 0.435 e. The van der Waals surface area contributed by atoms with Gasteiger partial charge in [-0.3, -0.25) is 9.59 Å². The van der Waals surface area contributed by atoms with Crippen molar-refractivity contribution < 1.29 is 34.8 Å². The molecule has 0 radical (unpaired) electrons. The second kappa shape index (κ2) is 18.0. The number of ketones is 1. The number of carbonyl (C=O) groups is 2. The number of rotatable bonds is 24. The Morgan fingerprint density at radius 3 is 1.54 bits per heavy atom. The molecule has 0 aliphatic heterocycles. The van der Waals surface area contributed by atoms with E-state index in [4.69, 9.17) is 0 Å². The highest BCUT2D eigenvalue weighted by Gasteiger charge is 2.62. The molecule has 0 bridgehead atoms. The number of hydrogen-bond donors (Lipinski definition) is 4. The third-order valence-electron chi connectivity index (χ3n) is 7.07. The Hall–Kier alpha value is -1.28. The van der Waals surface area contributed by atoms with Gasteiger partial charge in [0.2, 0.25) is 11.6 Å². The predicted octanol–water partition coefficient (Wildman–Crippen LogP) is 5.43. The van der Waals surface area contributed by atoms with Crippen molar-refractivity contribution in [2.24, 2.45) is 5.92 Å². The smallest absolute Gasteiger partial charge is 0.310 e. The number of unbranched alkanes of at least 4 members (excludes halogenated alkanes) is 15. The summed E-state index contributed by atoms with van der Waals surface area (Å²) in [5.41, 5.74) is 0. The summed E-state index contributed by atoms with van der Waals surface area (Å²) in [5.74, 6) is -4.79. The second-order valence-corrected chi connectivity index (χ2v) is 10.3. The molecule has 1 atom stereocenters. The average molecular weight is 499 g/mol. The molecule has 0 amide bonds. The van der Waals surface area contributed by atoms with E-state index in [0.29, 0.717) is 25.7 Å². The van der Waals surface area contributed by atoms with E-state index < -0.39 is 23.3 Å². The Morgan fingerprint density at radius 2 is 1.14 bits per heavy atom. The summed E-state index contributed by atoms with van der Waals surface area (Å²) in [5, 5.41) is 38.8. The van der Waals surface area contributed by atoms with Gasteiger partial charge in [0.25, 0.3) is 0 Å². The Labute approximate surface area is 212 Å². The molecule has 35 heavy (non-hydrogen) atoms. The molecule has 1 aliphatic rings. The summed E-state index contributed by atoms with van der Waals surface area (Å²) in [7, 11) is 0. The summed E-state index contributed by atoms with van der Waals surface area (Å²) in [6, 6.07) is 0. The normalized spacial score (nSPS) is 16.9. The maximum Gasteiger partial charge on any atom is 0.310 e. The highest BCUT2D eigenvalue weighted by atomic mass is 16.5. The molecule has 7 nitrogen and oxygen atoms in total. The van der Waals surface area contributed by atoms with Gasteiger partial charge in [0.05, 0.1) is 12.2 Å². The summed E-state index contributed by atoms with van der Waals surface area (Å²) < 4.78 is 4.69. The van der Waals surface area contributed by atoms with Crippen molar-refractivity contribution in [3.63, 3.8) is 0 Å². The lowest BCUT2D eigenvalue weighted by molar-refractivity contribution is -0.172. The lowest BCUT2D eigenvalue weighted by atomic mass is 9.99. The van der Waals surface area contributed by atoms with E-state index in [0.717, 1.165) is 89.9 Å². The van der Waals surface area contributed by atoms with Gasteiger partial charge in [-0.05, 0) is 25.7 Å². The summed E-state index contributed by atoms with van der Waals surface area (Å²) >= 11 is 0. The first-order valence-electron chi connectivity index (χ1n) is 13.9. The maximum absolute atomic E-state index is 11.2. The number of hydrogen-bond acceptors (Lipinski definition) is 7. The van der Waals surface area contributed by atoms with Crippen LogP contribution in [0.1, 0.15) is 135 Å². The Balaban J connectivity index is 1.81. The SMILES string of the molecule is C=COC(=O)CCCCCCCCCCCC(O)(O)CCCCCCCCCCC1C(=O)C1(O)O. The average Bonchev–Trinajstić information content (AvgIpc) is 3.28. The first-order valence-corrected chi connectivity index (χ1v) is 13.9. The molecule has 0 aromatic carbocycles. The molecule has 1 aliphatic carbocycles. The topological polar surface area (TPSA) is 124 Å². The fourth-order valence-corrected chi connectivity index (χ4v) is 4.68. The number of ether oxygens (including phenoxy) is 1. The molecule has 1 fully saturated rings. The van der Waals surface area contributed by atoms with Crippen LogP contribution < -0.4 is 0 Å². The molecule has 7 heteroatoms. The van der Waals surface area contributed by atoms with Crippen molar-refractivity contribution in [3.05, 3.63) is 12.8 Å². The summed E-state index contributed by atoms with van der Waals surface area (Å²) in [6.07, 6.45) is 20.8. The standard InChI is InChI=1S/C28H50O7/c1-2-35-25(29)21-17-13-9-4-3-6-10-14-18-22-27(31,32)23-19-15-11-7-5-8-12-16-20-24-26(30)28(24,33)34/h2,24,31-34H,1,3-23H2. The third-order valence-corrected chi connectivity index (χ3v) is 7.07. The fraction of sp³-hybridized carbons (Fsp3) is 0.857. The zero-order valence-electron chi connectivity index (χ0n) is 21.7. The van der Waals surface area contributed by atoms with Crippen molar-refractivity contribution in [3.8, 4) is 0 Å². The van der Waals surface area contributed by atoms with E-state index in [2.05, 4.69) is 11.3 Å². The van der Waals surface area contributed by atoms with Crippen molar-refractivity contribution in [2.45, 2.75) is 146 Å². The minimum absolute atomic E-state index is 0.207. The number of Topliss-reactive ketones (excluding diaryl/α,β-unsaturated/α-hetero) is 1. The second-order valence-electron chi connectivity index (χ2n) is 10.3. The summed E-state index contributed by atoms with van der Waals surface area (Å²) in [4.78, 5) is 22.3. The molecule has 0 aromatic rings. The zero-order valence-corrected chi connectivity index (χ0v) is 21.7. The lowest BCUT2D eigenvalue weighted by Gasteiger charge is -2.21. The molecule has 0 saturated heterocycles.